The Bertz CT molecular complexity index is 75.7. The van der Waals surface area contributed by atoms with E-state index in [-0.39, 0.29) is 6.17 Å². The van der Waals surface area contributed by atoms with E-state index >= 15 is 0 Å². The standard InChI is InChI=1S/C8H21N3/c1-2-8(10)11-7-5-3-4-6-9/h8,11H,2-7,9-10H2,1H3. The van der Waals surface area contributed by atoms with Gasteiger partial charge in [0.1, 0.15) is 0 Å². The molecule has 3 nitrogen and oxygen atoms in total. The summed E-state index contributed by atoms with van der Waals surface area (Å²) in [4.78, 5) is 0. The lowest BCUT2D eigenvalue weighted by Crippen LogP contribution is -2.37. The Balaban J connectivity index is 2.89. The molecule has 0 aromatic rings. The van der Waals surface area contributed by atoms with Crippen LogP contribution in [-0.2, 0) is 0 Å². The van der Waals surface area contributed by atoms with Gasteiger partial charge >= 0.3 is 0 Å². The topological polar surface area (TPSA) is 64.1 Å². The Labute approximate surface area is 69.5 Å². The van der Waals surface area contributed by atoms with E-state index in [4.69, 9.17) is 11.5 Å². The van der Waals surface area contributed by atoms with Crippen LogP contribution in [0.4, 0.5) is 0 Å². The van der Waals surface area contributed by atoms with E-state index in [1.54, 1.807) is 0 Å². The summed E-state index contributed by atoms with van der Waals surface area (Å²) in [5.41, 5.74) is 11.0. The molecule has 3 heteroatoms. The van der Waals surface area contributed by atoms with Crippen LogP contribution < -0.4 is 16.8 Å². The molecule has 0 aliphatic carbocycles. The zero-order valence-corrected chi connectivity index (χ0v) is 7.47. The quantitative estimate of drug-likeness (QED) is 0.372. The second-order valence-electron chi connectivity index (χ2n) is 2.82. The number of unbranched alkanes of at least 4 members (excludes halogenated alkanes) is 2. The van der Waals surface area contributed by atoms with Crippen LogP contribution >= 0.6 is 0 Å². The van der Waals surface area contributed by atoms with Crippen LogP contribution in [0.2, 0.25) is 0 Å². The molecule has 5 N–H and O–H groups in total. The second-order valence-corrected chi connectivity index (χ2v) is 2.82. The SMILES string of the molecule is CCC(N)NCCCCCN. The van der Waals surface area contributed by atoms with Crippen LogP contribution in [0.25, 0.3) is 0 Å². The first-order chi connectivity index (χ1) is 5.31. The van der Waals surface area contributed by atoms with E-state index in [0.29, 0.717) is 0 Å². The number of rotatable bonds is 7. The van der Waals surface area contributed by atoms with Crippen LogP contribution in [0.5, 0.6) is 0 Å². The Morgan fingerprint density at radius 2 is 2.00 bits per heavy atom. The molecule has 0 radical (unpaired) electrons. The molecule has 0 saturated carbocycles. The van der Waals surface area contributed by atoms with Crippen molar-refractivity contribution < 1.29 is 0 Å². The van der Waals surface area contributed by atoms with Gasteiger partial charge in [0.15, 0.2) is 0 Å². The van der Waals surface area contributed by atoms with Crippen molar-refractivity contribution in [2.24, 2.45) is 11.5 Å². The average molecular weight is 159 g/mol. The molecule has 0 aromatic carbocycles. The molecular weight excluding hydrogens is 138 g/mol. The molecule has 68 valence electrons. The Morgan fingerprint density at radius 1 is 1.27 bits per heavy atom. The van der Waals surface area contributed by atoms with Gasteiger partial charge in [0.05, 0.1) is 6.17 Å². The molecular formula is C8H21N3. The third kappa shape index (κ3) is 7.78. The summed E-state index contributed by atoms with van der Waals surface area (Å²) in [6, 6.07) is 0. The molecule has 0 heterocycles. The fraction of sp³-hybridized carbons (Fsp3) is 1.00. The van der Waals surface area contributed by atoms with Gasteiger partial charge in [0.25, 0.3) is 0 Å². The zero-order valence-electron chi connectivity index (χ0n) is 7.47. The summed E-state index contributed by atoms with van der Waals surface area (Å²) in [6.45, 7) is 3.91. The summed E-state index contributed by atoms with van der Waals surface area (Å²) in [6.07, 6.45) is 4.69. The molecule has 0 amide bonds. The largest absolute Gasteiger partial charge is 0.330 e. The van der Waals surface area contributed by atoms with Crippen molar-refractivity contribution in [2.45, 2.75) is 38.8 Å². The van der Waals surface area contributed by atoms with E-state index in [9.17, 15) is 0 Å². The van der Waals surface area contributed by atoms with E-state index in [0.717, 1.165) is 25.9 Å². The fourth-order valence-corrected chi connectivity index (χ4v) is 0.878. The minimum Gasteiger partial charge on any atom is -0.330 e. The van der Waals surface area contributed by atoms with Gasteiger partial charge in [-0.25, -0.2) is 0 Å². The van der Waals surface area contributed by atoms with Crippen molar-refractivity contribution in [2.75, 3.05) is 13.1 Å². The summed E-state index contributed by atoms with van der Waals surface area (Å²) < 4.78 is 0. The van der Waals surface area contributed by atoms with E-state index in [2.05, 4.69) is 12.2 Å². The van der Waals surface area contributed by atoms with Gasteiger partial charge in [-0.1, -0.05) is 13.3 Å². The number of nitrogens with one attached hydrogen (secondary N) is 1. The Morgan fingerprint density at radius 3 is 2.55 bits per heavy atom. The third-order valence-corrected chi connectivity index (χ3v) is 1.73. The van der Waals surface area contributed by atoms with Crippen LogP contribution in [0.3, 0.4) is 0 Å². The Kier molecular flexibility index (Phi) is 7.89. The van der Waals surface area contributed by atoms with Gasteiger partial charge in [0, 0.05) is 0 Å². The highest BCUT2D eigenvalue weighted by molar-refractivity contribution is 4.55. The fourth-order valence-electron chi connectivity index (χ4n) is 0.878. The summed E-state index contributed by atoms with van der Waals surface area (Å²) in [5, 5.41) is 3.23. The maximum absolute atomic E-state index is 5.65. The monoisotopic (exact) mass is 159 g/mol. The smallest absolute Gasteiger partial charge is 0.0543 e. The van der Waals surface area contributed by atoms with Gasteiger partial charge in [-0.15, -0.1) is 0 Å². The number of nitrogens with two attached hydrogens (primary N) is 2. The van der Waals surface area contributed by atoms with Gasteiger partial charge in [-0.3, -0.25) is 0 Å². The molecule has 1 unspecified atom stereocenters. The van der Waals surface area contributed by atoms with Crippen molar-refractivity contribution >= 4 is 0 Å². The van der Waals surface area contributed by atoms with Crippen molar-refractivity contribution in [3.8, 4) is 0 Å². The normalized spacial score (nSPS) is 13.4. The predicted octanol–water partition coefficient (Wildman–Crippen LogP) is 0.400. The highest BCUT2D eigenvalue weighted by Gasteiger charge is 1.94. The van der Waals surface area contributed by atoms with Gasteiger partial charge in [0.2, 0.25) is 0 Å². The van der Waals surface area contributed by atoms with Crippen LogP contribution in [0.1, 0.15) is 32.6 Å². The van der Waals surface area contributed by atoms with Crippen LogP contribution in [0.15, 0.2) is 0 Å². The molecule has 0 fully saturated rings. The first-order valence-electron chi connectivity index (χ1n) is 4.50. The molecule has 0 rings (SSSR count). The van der Waals surface area contributed by atoms with E-state index < -0.39 is 0 Å². The highest BCUT2D eigenvalue weighted by atomic mass is 15.0. The molecule has 0 saturated heterocycles. The average Bonchev–Trinajstić information content (AvgIpc) is 2.04. The van der Waals surface area contributed by atoms with Crippen molar-refractivity contribution in [3.05, 3.63) is 0 Å². The molecule has 0 aromatic heterocycles. The number of hydrogen-bond acceptors (Lipinski definition) is 3. The maximum atomic E-state index is 5.65. The van der Waals surface area contributed by atoms with Gasteiger partial charge < -0.3 is 16.8 Å². The van der Waals surface area contributed by atoms with Crippen molar-refractivity contribution in [3.63, 3.8) is 0 Å². The number of hydrogen-bond donors (Lipinski definition) is 3. The highest BCUT2D eigenvalue weighted by Crippen LogP contribution is 1.91. The zero-order chi connectivity index (χ0) is 8.53. The Hall–Kier alpha value is -0.120. The molecule has 0 bridgehead atoms. The lowest BCUT2D eigenvalue weighted by atomic mass is 10.2. The molecule has 0 aliphatic rings. The first-order valence-corrected chi connectivity index (χ1v) is 4.50. The summed E-state index contributed by atoms with van der Waals surface area (Å²) in [5.74, 6) is 0. The second kappa shape index (κ2) is 7.98. The minimum absolute atomic E-state index is 0.174. The lowest BCUT2D eigenvalue weighted by Gasteiger charge is -2.10. The third-order valence-electron chi connectivity index (χ3n) is 1.73. The maximum Gasteiger partial charge on any atom is 0.0543 e. The van der Waals surface area contributed by atoms with Gasteiger partial charge in [-0.2, -0.15) is 0 Å². The van der Waals surface area contributed by atoms with Crippen LogP contribution in [0, 0.1) is 0 Å². The lowest BCUT2D eigenvalue weighted by molar-refractivity contribution is 0.495. The van der Waals surface area contributed by atoms with Crippen molar-refractivity contribution in [1.29, 1.82) is 0 Å². The molecule has 11 heavy (non-hydrogen) atoms. The van der Waals surface area contributed by atoms with E-state index in [1.165, 1.54) is 12.8 Å². The summed E-state index contributed by atoms with van der Waals surface area (Å²) >= 11 is 0. The molecule has 0 aliphatic heterocycles. The van der Waals surface area contributed by atoms with Crippen molar-refractivity contribution in [1.82, 2.24) is 5.32 Å². The van der Waals surface area contributed by atoms with Crippen LogP contribution in [-0.4, -0.2) is 19.3 Å². The molecule has 1 atom stereocenters. The predicted molar refractivity (Wildman–Crippen MR) is 49.2 cm³/mol. The first kappa shape index (κ1) is 10.9. The van der Waals surface area contributed by atoms with E-state index in [1.807, 2.05) is 0 Å². The molecule has 0 spiro atoms. The summed E-state index contributed by atoms with van der Waals surface area (Å²) in [7, 11) is 0. The minimum atomic E-state index is 0.174. The van der Waals surface area contributed by atoms with Gasteiger partial charge in [-0.05, 0) is 32.4 Å².